The summed E-state index contributed by atoms with van der Waals surface area (Å²) in [7, 11) is 0. The predicted octanol–water partition coefficient (Wildman–Crippen LogP) is 4.97. The number of piperidine rings is 2. The van der Waals surface area contributed by atoms with Gasteiger partial charge in [0.25, 0.3) is 0 Å². The Bertz CT molecular complexity index is 922. The smallest absolute Gasteiger partial charge is 0.370 e. The van der Waals surface area contributed by atoms with Crippen molar-refractivity contribution in [3.05, 3.63) is 36.0 Å². The topological polar surface area (TPSA) is 36.4 Å². The molecule has 0 aliphatic carbocycles. The van der Waals surface area contributed by atoms with Gasteiger partial charge in [-0.05, 0) is 55.4 Å². The van der Waals surface area contributed by atoms with Crippen LogP contribution >= 0.6 is 0 Å². The van der Waals surface area contributed by atoms with Gasteiger partial charge in [0.1, 0.15) is 0 Å². The number of benzene rings is 1. The number of nitrogens with zero attached hydrogens (tertiary/aromatic N) is 3. The summed E-state index contributed by atoms with van der Waals surface area (Å²) >= 11 is 0. The number of rotatable bonds is 2. The number of aromatic nitrogens is 1. The minimum absolute atomic E-state index is 0.0337. The minimum Gasteiger partial charge on any atom is -0.370 e. The van der Waals surface area contributed by atoms with E-state index < -0.39 is 11.7 Å². The van der Waals surface area contributed by atoms with E-state index in [9.17, 15) is 18.0 Å². The lowest BCUT2D eigenvalue weighted by Gasteiger charge is -2.41. The second kappa shape index (κ2) is 8.08. The molecule has 2 aliphatic rings. The van der Waals surface area contributed by atoms with Crippen molar-refractivity contribution in [3.8, 4) is 0 Å². The average Bonchev–Trinajstić information content (AvgIpc) is 2.71. The molecule has 2 saturated heterocycles. The van der Waals surface area contributed by atoms with Crippen molar-refractivity contribution in [2.45, 2.75) is 39.3 Å². The van der Waals surface area contributed by atoms with E-state index in [0.717, 1.165) is 50.7 Å². The molecule has 2 fully saturated rings. The van der Waals surface area contributed by atoms with Crippen LogP contribution in [0, 0.1) is 17.8 Å². The van der Waals surface area contributed by atoms with Crippen LogP contribution in [-0.2, 0) is 11.0 Å². The highest BCUT2D eigenvalue weighted by Crippen LogP contribution is 2.39. The molecule has 0 saturated carbocycles. The van der Waals surface area contributed by atoms with Crippen LogP contribution in [0.3, 0.4) is 0 Å². The number of halogens is 3. The lowest BCUT2D eigenvalue weighted by molar-refractivity contribution is -0.137. The van der Waals surface area contributed by atoms with E-state index in [0.29, 0.717) is 17.8 Å². The average molecular weight is 419 g/mol. The number of hydrogen-bond donors (Lipinski definition) is 0. The number of fused-ring (bicyclic) bond motifs is 1. The maximum atomic E-state index is 13.5. The molecule has 1 aromatic heterocycles. The molecule has 0 N–H and O–H groups in total. The third-order valence-corrected chi connectivity index (χ3v) is 6.50. The van der Waals surface area contributed by atoms with E-state index in [-0.39, 0.29) is 23.3 Å². The highest BCUT2D eigenvalue weighted by molar-refractivity contribution is 5.94. The van der Waals surface area contributed by atoms with Gasteiger partial charge in [-0.2, -0.15) is 13.2 Å². The Kier molecular flexibility index (Phi) is 5.64. The van der Waals surface area contributed by atoms with E-state index in [1.54, 1.807) is 12.1 Å². The number of alkyl halides is 3. The van der Waals surface area contributed by atoms with Crippen molar-refractivity contribution < 1.29 is 18.0 Å². The van der Waals surface area contributed by atoms with Crippen LogP contribution in [0.15, 0.2) is 30.5 Å². The first-order valence-electron chi connectivity index (χ1n) is 10.7. The highest BCUT2D eigenvalue weighted by atomic mass is 19.4. The molecule has 1 aromatic carbocycles. The van der Waals surface area contributed by atoms with Gasteiger partial charge in [-0.3, -0.25) is 9.78 Å². The molecule has 30 heavy (non-hydrogen) atoms. The number of likely N-dealkylation sites (tertiary alicyclic amines) is 1. The second-order valence-corrected chi connectivity index (χ2v) is 8.98. The Balaban J connectivity index is 1.62. The summed E-state index contributed by atoms with van der Waals surface area (Å²) in [5, 5.41) is 0.486. The minimum atomic E-state index is -4.45. The lowest BCUT2D eigenvalue weighted by atomic mass is 9.87. The number of carbonyl (C=O) groups excluding carboxylic acids is 1. The first kappa shape index (κ1) is 20.9. The maximum absolute atomic E-state index is 13.5. The van der Waals surface area contributed by atoms with Crippen LogP contribution in [0.2, 0.25) is 0 Å². The fraction of sp³-hybridized carbons (Fsp3) is 0.565. The fourth-order valence-corrected chi connectivity index (χ4v) is 4.88. The molecule has 162 valence electrons. The molecule has 1 amide bonds. The molecule has 2 unspecified atom stereocenters. The highest BCUT2D eigenvalue weighted by Gasteiger charge is 2.36. The SMILES string of the molecule is CC1CCN(C(=O)C2CC(C)CN(c3ccc(C(F)(F)F)c4ncccc34)C2)CC1. The molecule has 0 bridgehead atoms. The summed E-state index contributed by atoms with van der Waals surface area (Å²) in [5.74, 6) is 0.997. The first-order chi connectivity index (χ1) is 14.2. The number of anilines is 1. The van der Waals surface area contributed by atoms with Crippen molar-refractivity contribution in [1.82, 2.24) is 9.88 Å². The van der Waals surface area contributed by atoms with Crippen molar-refractivity contribution in [3.63, 3.8) is 0 Å². The molecule has 4 nitrogen and oxygen atoms in total. The van der Waals surface area contributed by atoms with Gasteiger partial charge < -0.3 is 9.80 Å². The van der Waals surface area contributed by atoms with Gasteiger partial charge >= 0.3 is 6.18 Å². The number of carbonyl (C=O) groups is 1. The van der Waals surface area contributed by atoms with Gasteiger partial charge in [0, 0.05) is 43.4 Å². The number of pyridine rings is 1. The van der Waals surface area contributed by atoms with Crippen LogP contribution in [0.25, 0.3) is 10.9 Å². The summed E-state index contributed by atoms with van der Waals surface area (Å²) in [4.78, 5) is 21.3. The van der Waals surface area contributed by atoms with Crippen LogP contribution < -0.4 is 4.90 Å². The maximum Gasteiger partial charge on any atom is 0.418 e. The molecule has 7 heteroatoms. The zero-order valence-electron chi connectivity index (χ0n) is 17.5. The van der Waals surface area contributed by atoms with Crippen LogP contribution in [-0.4, -0.2) is 42.0 Å². The fourth-order valence-electron chi connectivity index (χ4n) is 4.88. The van der Waals surface area contributed by atoms with Crippen LogP contribution in [0.1, 0.15) is 38.7 Å². The zero-order valence-corrected chi connectivity index (χ0v) is 17.5. The number of amides is 1. The van der Waals surface area contributed by atoms with Crippen molar-refractivity contribution in [1.29, 1.82) is 0 Å². The standard InChI is InChI=1S/C23H28F3N3O/c1-15-7-10-28(11-8-15)22(30)17-12-16(2)13-29(14-17)20-6-5-19(23(24,25)26)21-18(20)4-3-9-27-21/h3-6,9,15-17H,7-8,10-14H2,1-2H3. The quantitative estimate of drug-likeness (QED) is 0.689. The van der Waals surface area contributed by atoms with Crippen LogP contribution in [0.5, 0.6) is 0 Å². The molecular formula is C23H28F3N3O. The molecule has 4 rings (SSSR count). The van der Waals surface area contributed by atoms with Gasteiger partial charge in [-0.15, -0.1) is 0 Å². The summed E-state index contributed by atoms with van der Waals surface area (Å²) in [6.07, 6.45) is -0.174. The predicted molar refractivity (Wildman–Crippen MR) is 111 cm³/mol. The summed E-state index contributed by atoms with van der Waals surface area (Å²) in [6, 6.07) is 6.01. The monoisotopic (exact) mass is 419 g/mol. The van der Waals surface area contributed by atoms with Crippen molar-refractivity contribution >= 4 is 22.5 Å². The largest absolute Gasteiger partial charge is 0.418 e. The molecule has 2 aromatic rings. The second-order valence-electron chi connectivity index (χ2n) is 8.98. The Hall–Kier alpha value is -2.31. The van der Waals surface area contributed by atoms with Crippen molar-refractivity contribution in [2.24, 2.45) is 17.8 Å². The van der Waals surface area contributed by atoms with E-state index in [1.807, 2.05) is 4.90 Å². The molecule has 2 atom stereocenters. The van der Waals surface area contributed by atoms with Gasteiger partial charge in [-0.1, -0.05) is 13.8 Å². The van der Waals surface area contributed by atoms with Gasteiger partial charge in [0.2, 0.25) is 5.91 Å². The molecule has 0 spiro atoms. The molecule has 0 radical (unpaired) electrons. The van der Waals surface area contributed by atoms with Crippen molar-refractivity contribution in [2.75, 3.05) is 31.1 Å². The van der Waals surface area contributed by atoms with Gasteiger partial charge in [0.05, 0.1) is 17.0 Å². The Morgan fingerprint density at radius 2 is 1.80 bits per heavy atom. The zero-order chi connectivity index (χ0) is 21.5. The first-order valence-corrected chi connectivity index (χ1v) is 10.7. The van der Waals surface area contributed by atoms with Crippen LogP contribution in [0.4, 0.5) is 18.9 Å². The molecular weight excluding hydrogens is 391 g/mol. The van der Waals surface area contributed by atoms with Gasteiger partial charge in [0.15, 0.2) is 0 Å². The Morgan fingerprint density at radius 1 is 1.07 bits per heavy atom. The van der Waals surface area contributed by atoms with Gasteiger partial charge in [-0.25, -0.2) is 0 Å². The third kappa shape index (κ3) is 4.12. The van der Waals surface area contributed by atoms with E-state index in [4.69, 9.17) is 0 Å². The Morgan fingerprint density at radius 3 is 2.50 bits per heavy atom. The normalized spacial score (nSPS) is 23.8. The van der Waals surface area contributed by atoms with E-state index in [2.05, 4.69) is 23.7 Å². The Labute approximate surface area is 175 Å². The summed E-state index contributed by atoms with van der Waals surface area (Å²) in [6.45, 7) is 7.18. The third-order valence-electron chi connectivity index (χ3n) is 6.50. The molecule has 3 heterocycles. The summed E-state index contributed by atoms with van der Waals surface area (Å²) < 4.78 is 40.4. The lowest BCUT2D eigenvalue weighted by Crippen LogP contribution is -2.49. The number of hydrogen-bond acceptors (Lipinski definition) is 3. The molecule has 2 aliphatic heterocycles. The summed E-state index contributed by atoms with van der Waals surface area (Å²) in [5.41, 5.74) is -0.0293. The van der Waals surface area contributed by atoms with E-state index in [1.165, 1.54) is 12.3 Å². The van der Waals surface area contributed by atoms with E-state index >= 15 is 0 Å².